The van der Waals surface area contributed by atoms with Gasteiger partial charge in [0.1, 0.15) is 5.75 Å². The SMILES string of the molecule is CC[C@@H](c1nnnn1C(C)(C)CC)N(Cc1ccccc1OC)Cc1cc2cc(C)ccc2[nH]c1=O. The van der Waals surface area contributed by atoms with Crippen LogP contribution in [-0.4, -0.2) is 37.2 Å². The third-order valence-electron chi connectivity index (χ3n) is 7.07. The Morgan fingerprint density at radius 1 is 1.08 bits per heavy atom. The lowest BCUT2D eigenvalue weighted by Crippen LogP contribution is -2.36. The van der Waals surface area contributed by atoms with Gasteiger partial charge in [0.15, 0.2) is 5.82 Å². The van der Waals surface area contributed by atoms with E-state index in [1.165, 1.54) is 0 Å². The molecule has 0 saturated heterocycles. The topological polar surface area (TPSA) is 88.9 Å². The molecule has 0 fully saturated rings. The maximum absolute atomic E-state index is 13.1. The fraction of sp³-hybridized carbons (Fsp3) is 0.429. The highest BCUT2D eigenvalue weighted by Gasteiger charge is 2.31. The zero-order chi connectivity index (χ0) is 25.9. The predicted octanol–water partition coefficient (Wildman–Crippen LogP) is 5.13. The Balaban J connectivity index is 1.81. The summed E-state index contributed by atoms with van der Waals surface area (Å²) in [5, 5.41) is 13.9. The molecule has 0 spiro atoms. The number of aryl methyl sites for hydroxylation is 1. The lowest BCUT2D eigenvalue weighted by molar-refractivity contribution is 0.149. The van der Waals surface area contributed by atoms with E-state index >= 15 is 0 Å². The minimum Gasteiger partial charge on any atom is -0.496 e. The van der Waals surface area contributed by atoms with E-state index in [0.717, 1.165) is 46.4 Å². The molecule has 2 aromatic carbocycles. The molecule has 8 nitrogen and oxygen atoms in total. The largest absolute Gasteiger partial charge is 0.496 e. The molecule has 0 saturated carbocycles. The summed E-state index contributed by atoms with van der Waals surface area (Å²) >= 11 is 0. The Hall–Kier alpha value is -3.52. The summed E-state index contributed by atoms with van der Waals surface area (Å²) < 4.78 is 7.59. The zero-order valence-corrected chi connectivity index (χ0v) is 22.1. The van der Waals surface area contributed by atoms with Crippen LogP contribution in [0.4, 0.5) is 0 Å². The lowest BCUT2D eigenvalue weighted by Gasteiger charge is -2.33. The van der Waals surface area contributed by atoms with Crippen LogP contribution in [0, 0.1) is 6.92 Å². The molecule has 190 valence electrons. The van der Waals surface area contributed by atoms with Gasteiger partial charge < -0.3 is 9.72 Å². The van der Waals surface area contributed by atoms with Gasteiger partial charge in [-0.25, -0.2) is 4.68 Å². The Kier molecular flexibility index (Phi) is 7.54. The first-order valence-corrected chi connectivity index (χ1v) is 12.5. The molecule has 0 radical (unpaired) electrons. The van der Waals surface area contributed by atoms with E-state index in [4.69, 9.17) is 4.74 Å². The van der Waals surface area contributed by atoms with Crippen molar-refractivity contribution < 1.29 is 4.74 Å². The second-order valence-corrected chi connectivity index (χ2v) is 9.97. The van der Waals surface area contributed by atoms with Crippen molar-refractivity contribution >= 4 is 10.9 Å². The number of methoxy groups -OCH3 is 1. The number of para-hydroxylation sites is 1. The third kappa shape index (κ3) is 5.18. The monoisotopic (exact) mass is 488 g/mol. The van der Waals surface area contributed by atoms with Crippen molar-refractivity contribution in [3.8, 4) is 5.75 Å². The van der Waals surface area contributed by atoms with Gasteiger partial charge in [0, 0.05) is 29.7 Å². The molecule has 0 aliphatic carbocycles. The van der Waals surface area contributed by atoms with Gasteiger partial charge in [-0.2, -0.15) is 0 Å². The molecule has 0 unspecified atom stereocenters. The highest BCUT2D eigenvalue weighted by atomic mass is 16.5. The van der Waals surface area contributed by atoms with Crippen LogP contribution in [-0.2, 0) is 18.6 Å². The van der Waals surface area contributed by atoms with Gasteiger partial charge in [-0.3, -0.25) is 9.69 Å². The highest BCUT2D eigenvalue weighted by Crippen LogP contribution is 2.31. The van der Waals surface area contributed by atoms with Crippen LogP contribution >= 0.6 is 0 Å². The second kappa shape index (κ2) is 10.6. The van der Waals surface area contributed by atoms with E-state index in [-0.39, 0.29) is 17.1 Å². The van der Waals surface area contributed by atoms with E-state index in [2.05, 4.69) is 72.2 Å². The van der Waals surface area contributed by atoms with E-state index in [1.807, 2.05) is 41.1 Å². The van der Waals surface area contributed by atoms with Crippen molar-refractivity contribution in [3.63, 3.8) is 0 Å². The highest BCUT2D eigenvalue weighted by molar-refractivity contribution is 5.79. The number of tetrazole rings is 1. The fourth-order valence-corrected chi connectivity index (χ4v) is 4.62. The third-order valence-corrected chi connectivity index (χ3v) is 7.07. The van der Waals surface area contributed by atoms with Gasteiger partial charge in [-0.15, -0.1) is 5.10 Å². The van der Waals surface area contributed by atoms with Crippen LogP contribution < -0.4 is 10.3 Å². The molecule has 2 heterocycles. The number of nitrogens with zero attached hydrogens (tertiary/aromatic N) is 5. The molecule has 1 N–H and O–H groups in total. The van der Waals surface area contributed by atoms with Crippen molar-refractivity contribution in [1.29, 1.82) is 0 Å². The number of aromatic nitrogens is 5. The van der Waals surface area contributed by atoms with Gasteiger partial charge in [0.05, 0.1) is 18.7 Å². The Bertz CT molecular complexity index is 1390. The Morgan fingerprint density at radius 2 is 1.83 bits per heavy atom. The number of hydrogen-bond donors (Lipinski definition) is 1. The first-order valence-electron chi connectivity index (χ1n) is 12.5. The van der Waals surface area contributed by atoms with E-state index in [0.29, 0.717) is 18.7 Å². The summed E-state index contributed by atoms with van der Waals surface area (Å²) in [7, 11) is 1.68. The van der Waals surface area contributed by atoms with E-state index in [9.17, 15) is 4.79 Å². The molecule has 1 atom stereocenters. The van der Waals surface area contributed by atoms with Gasteiger partial charge in [-0.1, -0.05) is 43.7 Å². The number of rotatable bonds is 10. The van der Waals surface area contributed by atoms with Crippen molar-refractivity contribution in [2.24, 2.45) is 0 Å². The molecule has 8 heteroatoms. The summed E-state index contributed by atoms with van der Waals surface area (Å²) in [4.78, 5) is 18.5. The van der Waals surface area contributed by atoms with E-state index in [1.54, 1.807) is 7.11 Å². The maximum atomic E-state index is 13.1. The van der Waals surface area contributed by atoms with Gasteiger partial charge in [0.2, 0.25) is 0 Å². The Morgan fingerprint density at radius 3 is 2.56 bits per heavy atom. The average Bonchev–Trinajstić information content (AvgIpc) is 3.36. The molecule has 0 amide bonds. The fourth-order valence-electron chi connectivity index (χ4n) is 4.62. The minimum absolute atomic E-state index is 0.0836. The number of benzene rings is 2. The zero-order valence-electron chi connectivity index (χ0n) is 22.1. The van der Waals surface area contributed by atoms with Crippen molar-refractivity contribution in [2.75, 3.05) is 7.11 Å². The average molecular weight is 489 g/mol. The van der Waals surface area contributed by atoms with Gasteiger partial charge in [-0.05, 0) is 73.7 Å². The number of H-pyrrole nitrogens is 1. The maximum Gasteiger partial charge on any atom is 0.252 e. The van der Waals surface area contributed by atoms with Crippen molar-refractivity contribution in [3.05, 3.63) is 81.4 Å². The van der Waals surface area contributed by atoms with Gasteiger partial charge >= 0.3 is 0 Å². The number of hydrogen-bond acceptors (Lipinski definition) is 6. The van der Waals surface area contributed by atoms with Crippen LogP contribution in [0.2, 0.25) is 0 Å². The van der Waals surface area contributed by atoms with Crippen LogP contribution in [0.1, 0.15) is 69.1 Å². The summed E-state index contributed by atoms with van der Waals surface area (Å²) in [6.07, 6.45) is 1.66. The van der Waals surface area contributed by atoms with Crippen molar-refractivity contribution in [1.82, 2.24) is 30.1 Å². The van der Waals surface area contributed by atoms with Crippen LogP contribution in [0.3, 0.4) is 0 Å². The normalized spacial score (nSPS) is 12.9. The molecule has 4 aromatic rings. The Labute approximate surface area is 212 Å². The summed E-state index contributed by atoms with van der Waals surface area (Å²) in [6.45, 7) is 11.6. The molecular weight excluding hydrogens is 452 g/mol. The lowest BCUT2D eigenvalue weighted by atomic mass is 10.0. The summed E-state index contributed by atoms with van der Waals surface area (Å²) in [5.41, 5.74) is 3.42. The number of ether oxygens (including phenoxy) is 1. The molecule has 4 rings (SSSR count). The predicted molar refractivity (Wildman–Crippen MR) is 142 cm³/mol. The molecule has 36 heavy (non-hydrogen) atoms. The number of nitrogens with one attached hydrogen (secondary N) is 1. The summed E-state index contributed by atoms with van der Waals surface area (Å²) in [5.74, 6) is 1.61. The standard InChI is InChI=1S/C28H36N6O2/c1-7-24(26-30-31-32-34(26)28(4,5)8-2)33(17-20-11-9-10-12-25(20)36-6)18-22-16-21-15-19(3)13-14-23(21)29-27(22)35/h9-16,24H,7-8,17-18H2,1-6H3,(H,29,35)/t24-/m0/s1. The number of pyridine rings is 1. The molecule has 2 aromatic heterocycles. The summed E-state index contributed by atoms with van der Waals surface area (Å²) in [6, 6.07) is 16.0. The van der Waals surface area contributed by atoms with Crippen LogP contribution in [0.25, 0.3) is 10.9 Å². The van der Waals surface area contributed by atoms with Crippen molar-refractivity contribution in [2.45, 2.75) is 72.1 Å². The van der Waals surface area contributed by atoms with E-state index < -0.39 is 0 Å². The molecular formula is C28H36N6O2. The van der Waals surface area contributed by atoms with Gasteiger partial charge in [0.25, 0.3) is 5.56 Å². The molecule has 0 aliphatic rings. The minimum atomic E-state index is -0.236. The first kappa shape index (κ1) is 25.6. The van der Waals surface area contributed by atoms with Crippen LogP contribution in [0.5, 0.6) is 5.75 Å². The number of aromatic amines is 1. The van der Waals surface area contributed by atoms with Crippen LogP contribution in [0.15, 0.2) is 53.3 Å². The quantitative estimate of drug-likeness (QED) is 0.333. The molecule has 0 aliphatic heterocycles. The second-order valence-electron chi connectivity index (χ2n) is 9.97. The molecule has 0 bridgehead atoms. The smallest absolute Gasteiger partial charge is 0.252 e. The first-order chi connectivity index (χ1) is 17.3. The number of fused-ring (bicyclic) bond motifs is 1.